The molecule has 1 atom stereocenters. The fourth-order valence-electron chi connectivity index (χ4n) is 2.74. The molecular formula is C17H25ClN2O2. The highest BCUT2D eigenvalue weighted by Crippen LogP contribution is 2.28. The molecule has 1 amide bonds. The Kier molecular flexibility index (Phi) is 5.84. The SMILES string of the molecule is CC1(C)CCC(C(=O)N(CCN)Cc2cccc(Cl)c2)CO1. The van der Waals surface area contributed by atoms with Gasteiger partial charge in [-0.3, -0.25) is 4.79 Å². The number of carbonyl (C=O) groups excluding carboxylic acids is 1. The van der Waals surface area contributed by atoms with E-state index in [-0.39, 0.29) is 17.4 Å². The molecule has 1 aliphatic rings. The normalized spacial score (nSPS) is 20.6. The van der Waals surface area contributed by atoms with Crippen LogP contribution in [0.15, 0.2) is 24.3 Å². The molecule has 1 aliphatic heterocycles. The van der Waals surface area contributed by atoms with Crippen LogP contribution in [0.2, 0.25) is 5.02 Å². The van der Waals surface area contributed by atoms with E-state index in [0.717, 1.165) is 18.4 Å². The quantitative estimate of drug-likeness (QED) is 0.906. The fourth-order valence-corrected chi connectivity index (χ4v) is 2.95. The number of hydrogen-bond donors (Lipinski definition) is 1. The third-order valence-corrected chi connectivity index (χ3v) is 4.33. The number of amides is 1. The summed E-state index contributed by atoms with van der Waals surface area (Å²) in [5, 5.41) is 0.681. The molecule has 22 heavy (non-hydrogen) atoms. The predicted molar refractivity (Wildman–Crippen MR) is 88.7 cm³/mol. The Labute approximate surface area is 137 Å². The summed E-state index contributed by atoms with van der Waals surface area (Å²) in [5.41, 5.74) is 6.57. The highest BCUT2D eigenvalue weighted by molar-refractivity contribution is 6.30. The first-order valence-electron chi connectivity index (χ1n) is 7.78. The molecule has 1 fully saturated rings. The van der Waals surface area contributed by atoms with Gasteiger partial charge in [0.2, 0.25) is 5.91 Å². The van der Waals surface area contributed by atoms with Gasteiger partial charge < -0.3 is 15.4 Å². The average molecular weight is 325 g/mol. The second-order valence-corrected chi connectivity index (χ2v) is 6.92. The van der Waals surface area contributed by atoms with E-state index in [1.807, 2.05) is 29.2 Å². The van der Waals surface area contributed by atoms with Crippen molar-refractivity contribution in [2.75, 3.05) is 19.7 Å². The van der Waals surface area contributed by atoms with Gasteiger partial charge in [0.15, 0.2) is 0 Å². The Morgan fingerprint density at radius 1 is 1.50 bits per heavy atom. The van der Waals surface area contributed by atoms with Gasteiger partial charge in [-0.1, -0.05) is 23.7 Å². The van der Waals surface area contributed by atoms with E-state index >= 15 is 0 Å². The molecule has 1 aromatic carbocycles. The molecule has 0 bridgehead atoms. The first-order valence-corrected chi connectivity index (χ1v) is 8.16. The Bertz CT molecular complexity index is 509. The van der Waals surface area contributed by atoms with Gasteiger partial charge >= 0.3 is 0 Å². The third kappa shape index (κ3) is 4.70. The number of carbonyl (C=O) groups is 1. The second-order valence-electron chi connectivity index (χ2n) is 6.48. The number of ether oxygens (including phenoxy) is 1. The van der Waals surface area contributed by atoms with Crippen LogP contribution in [0.3, 0.4) is 0 Å². The molecule has 1 heterocycles. The molecule has 122 valence electrons. The molecule has 2 rings (SSSR count). The largest absolute Gasteiger partial charge is 0.375 e. The van der Waals surface area contributed by atoms with E-state index in [0.29, 0.717) is 31.3 Å². The van der Waals surface area contributed by atoms with Crippen molar-refractivity contribution in [1.82, 2.24) is 4.90 Å². The minimum absolute atomic E-state index is 0.0706. The molecular weight excluding hydrogens is 300 g/mol. The second kappa shape index (κ2) is 7.44. The highest BCUT2D eigenvalue weighted by Gasteiger charge is 2.33. The molecule has 5 heteroatoms. The molecule has 4 nitrogen and oxygen atoms in total. The number of nitrogens with zero attached hydrogens (tertiary/aromatic N) is 1. The standard InChI is InChI=1S/C17H25ClN2O2/c1-17(2)7-6-14(12-22-17)16(21)20(9-8-19)11-13-4-3-5-15(18)10-13/h3-5,10,14H,6-9,11-12,19H2,1-2H3. The van der Waals surface area contributed by atoms with E-state index in [1.165, 1.54) is 0 Å². The lowest BCUT2D eigenvalue weighted by Gasteiger charge is -2.36. The molecule has 2 N–H and O–H groups in total. The van der Waals surface area contributed by atoms with Gasteiger partial charge in [-0.2, -0.15) is 0 Å². The van der Waals surface area contributed by atoms with Crippen LogP contribution in [0.5, 0.6) is 0 Å². The van der Waals surface area contributed by atoms with E-state index < -0.39 is 0 Å². The van der Waals surface area contributed by atoms with Crippen LogP contribution in [0, 0.1) is 5.92 Å². The zero-order valence-corrected chi connectivity index (χ0v) is 14.1. The summed E-state index contributed by atoms with van der Waals surface area (Å²) in [6, 6.07) is 7.59. The molecule has 0 aliphatic carbocycles. The van der Waals surface area contributed by atoms with Crippen LogP contribution < -0.4 is 5.73 Å². The van der Waals surface area contributed by atoms with E-state index in [9.17, 15) is 4.79 Å². The molecule has 0 aromatic heterocycles. The molecule has 0 radical (unpaired) electrons. The lowest BCUT2D eigenvalue weighted by molar-refractivity contribution is -0.147. The Morgan fingerprint density at radius 2 is 2.27 bits per heavy atom. The van der Waals surface area contributed by atoms with Crippen molar-refractivity contribution in [1.29, 1.82) is 0 Å². The first-order chi connectivity index (χ1) is 10.4. The van der Waals surface area contributed by atoms with Gasteiger partial charge in [0.05, 0.1) is 18.1 Å². The number of hydrogen-bond acceptors (Lipinski definition) is 3. The van der Waals surface area contributed by atoms with E-state index in [1.54, 1.807) is 0 Å². The summed E-state index contributed by atoms with van der Waals surface area (Å²) >= 11 is 6.02. The summed E-state index contributed by atoms with van der Waals surface area (Å²) in [7, 11) is 0. The zero-order valence-electron chi connectivity index (χ0n) is 13.3. The topological polar surface area (TPSA) is 55.6 Å². The lowest BCUT2D eigenvalue weighted by Crippen LogP contribution is -2.44. The van der Waals surface area contributed by atoms with Crippen LogP contribution in [-0.4, -0.2) is 36.1 Å². The highest BCUT2D eigenvalue weighted by atomic mass is 35.5. The van der Waals surface area contributed by atoms with Crippen LogP contribution in [-0.2, 0) is 16.1 Å². The van der Waals surface area contributed by atoms with Gasteiger partial charge in [0, 0.05) is 24.7 Å². The summed E-state index contributed by atoms with van der Waals surface area (Å²) in [4.78, 5) is 14.6. The number of benzene rings is 1. The van der Waals surface area contributed by atoms with Crippen molar-refractivity contribution in [2.45, 2.75) is 38.8 Å². The smallest absolute Gasteiger partial charge is 0.228 e. The van der Waals surface area contributed by atoms with Gasteiger partial charge in [0.1, 0.15) is 0 Å². The van der Waals surface area contributed by atoms with Crippen molar-refractivity contribution < 1.29 is 9.53 Å². The van der Waals surface area contributed by atoms with E-state index in [2.05, 4.69) is 13.8 Å². The third-order valence-electron chi connectivity index (χ3n) is 4.09. The predicted octanol–water partition coefficient (Wildman–Crippen LogP) is 2.83. The number of halogens is 1. The number of rotatable bonds is 5. The molecule has 0 spiro atoms. The van der Waals surface area contributed by atoms with E-state index in [4.69, 9.17) is 22.1 Å². The minimum atomic E-state index is -0.123. The summed E-state index contributed by atoms with van der Waals surface area (Å²) in [6.45, 7) is 6.16. The van der Waals surface area contributed by atoms with Gasteiger partial charge in [0.25, 0.3) is 0 Å². The van der Waals surface area contributed by atoms with Gasteiger partial charge in [-0.15, -0.1) is 0 Å². The van der Waals surface area contributed by atoms with Crippen LogP contribution in [0.4, 0.5) is 0 Å². The molecule has 0 saturated carbocycles. The maximum atomic E-state index is 12.7. The summed E-state index contributed by atoms with van der Waals surface area (Å²) in [5.74, 6) is 0.0553. The Hall–Kier alpha value is -1.10. The van der Waals surface area contributed by atoms with Gasteiger partial charge in [-0.25, -0.2) is 0 Å². The van der Waals surface area contributed by atoms with Crippen molar-refractivity contribution in [3.05, 3.63) is 34.9 Å². The van der Waals surface area contributed by atoms with Crippen LogP contribution in [0.25, 0.3) is 0 Å². The summed E-state index contributed by atoms with van der Waals surface area (Å²) < 4.78 is 5.80. The maximum absolute atomic E-state index is 12.7. The van der Waals surface area contributed by atoms with Crippen molar-refractivity contribution in [2.24, 2.45) is 11.7 Å². The lowest BCUT2D eigenvalue weighted by atomic mass is 9.90. The monoisotopic (exact) mass is 324 g/mol. The first kappa shape index (κ1) is 17.3. The van der Waals surface area contributed by atoms with Gasteiger partial charge in [-0.05, 0) is 44.4 Å². The fraction of sp³-hybridized carbons (Fsp3) is 0.588. The van der Waals surface area contributed by atoms with Crippen molar-refractivity contribution in [3.63, 3.8) is 0 Å². The van der Waals surface area contributed by atoms with Crippen LogP contribution >= 0.6 is 11.6 Å². The Morgan fingerprint density at radius 3 is 2.86 bits per heavy atom. The molecule has 1 unspecified atom stereocenters. The zero-order chi connectivity index (χ0) is 16.2. The van der Waals surface area contributed by atoms with Crippen LogP contribution in [0.1, 0.15) is 32.3 Å². The molecule has 1 saturated heterocycles. The Balaban J connectivity index is 2.02. The number of nitrogens with two attached hydrogens (primary N) is 1. The average Bonchev–Trinajstić information content (AvgIpc) is 2.46. The van der Waals surface area contributed by atoms with Crippen molar-refractivity contribution >= 4 is 17.5 Å². The molecule has 1 aromatic rings. The van der Waals surface area contributed by atoms with Crippen molar-refractivity contribution in [3.8, 4) is 0 Å². The minimum Gasteiger partial charge on any atom is -0.375 e. The summed E-state index contributed by atoms with van der Waals surface area (Å²) in [6.07, 6.45) is 1.76. The maximum Gasteiger partial charge on any atom is 0.228 e.